The first-order valence-corrected chi connectivity index (χ1v) is 8.32. The molecule has 3 radical (unpaired) electrons. The van der Waals surface area contributed by atoms with Gasteiger partial charge in [0.1, 0.15) is 0 Å². The summed E-state index contributed by atoms with van der Waals surface area (Å²) >= 11 is 0. The predicted octanol–water partition coefficient (Wildman–Crippen LogP) is 3.75. The molecular weight excluding hydrogens is 302 g/mol. The van der Waals surface area contributed by atoms with Crippen LogP contribution < -0.4 is 0 Å². The van der Waals surface area contributed by atoms with Crippen LogP contribution in [0.1, 0.15) is 5.56 Å². The van der Waals surface area contributed by atoms with Gasteiger partial charge in [0, 0.05) is 27.4 Å². The van der Waals surface area contributed by atoms with Crippen molar-refractivity contribution in [3.05, 3.63) is 60.3 Å². The van der Waals surface area contributed by atoms with E-state index in [4.69, 9.17) is 4.74 Å². The maximum Gasteiger partial charge on any atom is 0.308 e. The highest BCUT2D eigenvalue weighted by molar-refractivity contribution is 6.10. The number of H-pyrrole nitrogens is 1. The first kappa shape index (κ1) is 15.6. The zero-order valence-corrected chi connectivity index (χ0v) is 14.0. The van der Waals surface area contributed by atoms with Gasteiger partial charge >= 0.3 is 5.97 Å². The molecule has 0 spiro atoms. The topological polar surface area (TPSA) is 42.1 Å². The number of esters is 1. The van der Waals surface area contributed by atoms with Gasteiger partial charge in [-0.05, 0) is 17.5 Å². The largest absolute Gasteiger partial charge is 0.469 e. The Morgan fingerprint density at radius 3 is 2.65 bits per heavy atom. The van der Waals surface area contributed by atoms with Crippen LogP contribution in [0.3, 0.4) is 0 Å². The number of aromatic nitrogens is 1. The maximum atomic E-state index is 11.8. The maximum absolute atomic E-state index is 11.8. The number of hydrogen-bond acceptors (Lipinski definition) is 2. The van der Waals surface area contributed by atoms with Gasteiger partial charge in [-0.1, -0.05) is 54.6 Å². The SMILES string of the molecule is COC(=O)C(C[Si])Cc1c[nH]c2c(-c3ccccc3)cccc12. The molecule has 3 rings (SSSR count). The Labute approximate surface area is 139 Å². The molecule has 1 N–H and O–H groups in total. The standard InChI is InChI=1S/C19H18NO2Si/c1-22-19(21)15(12-23)10-14-11-20-18-16(8-5-9-17(14)18)13-6-3-2-4-7-13/h2-9,11,15,20H,10,12H2,1H3. The second kappa shape index (κ2) is 6.83. The lowest BCUT2D eigenvalue weighted by Gasteiger charge is -2.11. The average Bonchev–Trinajstić information content (AvgIpc) is 3.02. The van der Waals surface area contributed by atoms with Gasteiger partial charge < -0.3 is 9.72 Å². The summed E-state index contributed by atoms with van der Waals surface area (Å²) in [4.78, 5) is 15.2. The van der Waals surface area contributed by atoms with E-state index >= 15 is 0 Å². The van der Waals surface area contributed by atoms with Crippen LogP contribution in [0.25, 0.3) is 22.0 Å². The van der Waals surface area contributed by atoms with Crippen molar-refractivity contribution in [2.75, 3.05) is 7.11 Å². The van der Waals surface area contributed by atoms with Crippen LogP contribution >= 0.6 is 0 Å². The molecule has 0 amide bonds. The lowest BCUT2D eigenvalue weighted by molar-refractivity contribution is -0.144. The van der Waals surface area contributed by atoms with Crippen molar-refractivity contribution in [3.63, 3.8) is 0 Å². The van der Waals surface area contributed by atoms with E-state index in [0.717, 1.165) is 16.5 Å². The Bertz CT molecular complexity index is 811. The average molecular weight is 320 g/mol. The molecule has 0 bridgehead atoms. The molecule has 2 aromatic carbocycles. The van der Waals surface area contributed by atoms with E-state index in [2.05, 4.69) is 45.6 Å². The molecule has 4 heteroatoms. The van der Waals surface area contributed by atoms with Gasteiger partial charge in [-0.3, -0.25) is 4.79 Å². The fourth-order valence-corrected chi connectivity index (χ4v) is 3.22. The fraction of sp³-hybridized carbons (Fsp3) is 0.211. The molecule has 0 aliphatic heterocycles. The molecule has 0 aliphatic carbocycles. The second-order valence-corrected chi connectivity index (χ2v) is 5.94. The number of ether oxygens (including phenoxy) is 1. The van der Waals surface area contributed by atoms with Crippen LogP contribution in [0.2, 0.25) is 6.04 Å². The monoisotopic (exact) mass is 320 g/mol. The van der Waals surface area contributed by atoms with Crippen LogP contribution in [-0.4, -0.2) is 28.3 Å². The Kier molecular flexibility index (Phi) is 4.62. The number of hydrogen-bond donors (Lipinski definition) is 1. The fourth-order valence-electron chi connectivity index (χ4n) is 2.91. The van der Waals surface area contributed by atoms with Crippen molar-refractivity contribution in [1.82, 2.24) is 4.98 Å². The summed E-state index contributed by atoms with van der Waals surface area (Å²) in [6, 6.07) is 17.1. The van der Waals surface area contributed by atoms with Crippen LogP contribution in [-0.2, 0) is 16.0 Å². The Morgan fingerprint density at radius 2 is 1.96 bits per heavy atom. The van der Waals surface area contributed by atoms with Crippen LogP contribution in [0.4, 0.5) is 0 Å². The normalized spacial score (nSPS) is 12.3. The summed E-state index contributed by atoms with van der Waals surface area (Å²) < 4.78 is 4.88. The molecule has 1 aromatic heterocycles. The Hall–Kier alpha value is -2.33. The lowest BCUT2D eigenvalue weighted by Crippen LogP contribution is -2.18. The molecule has 1 atom stereocenters. The molecule has 3 nitrogen and oxygen atoms in total. The van der Waals surface area contributed by atoms with Crippen molar-refractivity contribution in [2.45, 2.75) is 12.5 Å². The molecule has 3 aromatic rings. The second-order valence-electron chi connectivity index (χ2n) is 5.54. The van der Waals surface area contributed by atoms with Crippen LogP contribution in [0.5, 0.6) is 0 Å². The molecule has 115 valence electrons. The highest BCUT2D eigenvalue weighted by Gasteiger charge is 2.19. The van der Waals surface area contributed by atoms with Gasteiger partial charge in [-0.2, -0.15) is 0 Å². The number of nitrogens with one attached hydrogen (secondary N) is 1. The van der Waals surface area contributed by atoms with Crippen LogP contribution in [0.15, 0.2) is 54.7 Å². The Morgan fingerprint density at radius 1 is 1.17 bits per heavy atom. The van der Waals surface area contributed by atoms with E-state index < -0.39 is 0 Å². The highest BCUT2D eigenvalue weighted by Crippen LogP contribution is 2.31. The summed E-state index contributed by atoms with van der Waals surface area (Å²) in [7, 11) is 4.89. The van der Waals surface area contributed by atoms with Crippen molar-refractivity contribution < 1.29 is 9.53 Å². The zero-order valence-electron chi connectivity index (χ0n) is 13.0. The Balaban J connectivity index is 2.00. The van der Waals surface area contributed by atoms with Crippen molar-refractivity contribution in [3.8, 4) is 11.1 Å². The summed E-state index contributed by atoms with van der Waals surface area (Å²) in [5, 5.41) is 1.15. The minimum atomic E-state index is -0.187. The van der Waals surface area contributed by atoms with E-state index in [9.17, 15) is 4.79 Å². The summed E-state index contributed by atoms with van der Waals surface area (Å²) in [5.41, 5.74) is 4.58. The number of methoxy groups -OCH3 is 1. The number of aromatic amines is 1. The molecular formula is C19H18NO2Si. The smallest absolute Gasteiger partial charge is 0.308 e. The number of fused-ring (bicyclic) bond motifs is 1. The molecule has 0 saturated heterocycles. The number of carbonyl (C=O) groups excluding carboxylic acids is 1. The van der Waals surface area contributed by atoms with Crippen LogP contribution in [0, 0.1) is 5.92 Å². The quantitative estimate of drug-likeness (QED) is 0.574. The first-order valence-electron chi connectivity index (χ1n) is 7.61. The minimum Gasteiger partial charge on any atom is -0.469 e. The van der Waals surface area contributed by atoms with Gasteiger partial charge in [0.15, 0.2) is 0 Å². The van der Waals surface area contributed by atoms with E-state index in [0.29, 0.717) is 12.5 Å². The first-order chi connectivity index (χ1) is 11.2. The lowest BCUT2D eigenvalue weighted by atomic mass is 9.97. The number of rotatable bonds is 5. The molecule has 23 heavy (non-hydrogen) atoms. The van der Waals surface area contributed by atoms with Gasteiger partial charge in [0.2, 0.25) is 0 Å². The predicted molar refractivity (Wildman–Crippen MR) is 93.5 cm³/mol. The molecule has 0 fully saturated rings. The van der Waals surface area contributed by atoms with Crippen molar-refractivity contribution >= 4 is 27.1 Å². The van der Waals surface area contributed by atoms with Gasteiger partial charge in [0.05, 0.1) is 18.5 Å². The molecule has 0 aliphatic rings. The third-order valence-electron chi connectivity index (χ3n) is 4.13. The molecule has 1 unspecified atom stereocenters. The number of benzene rings is 2. The van der Waals surface area contributed by atoms with Crippen molar-refractivity contribution in [1.29, 1.82) is 0 Å². The number of para-hydroxylation sites is 1. The van der Waals surface area contributed by atoms with E-state index in [-0.39, 0.29) is 11.9 Å². The molecule has 1 heterocycles. The third-order valence-corrected chi connectivity index (χ3v) is 4.63. The van der Waals surface area contributed by atoms with E-state index in [1.165, 1.54) is 18.2 Å². The summed E-state index contributed by atoms with van der Waals surface area (Å²) in [6.45, 7) is 0. The van der Waals surface area contributed by atoms with Crippen molar-refractivity contribution in [2.24, 2.45) is 5.92 Å². The molecule has 0 saturated carbocycles. The van der Waals surface area contributed by atoms with Gasteiger partial charge in [-0.25, -0.2) is 0 Å². The third kappa shape index (κ3) is 3.08. The van der Waals surface area contributed by atoms with E-state index in [1.54, 1.807) is 0 Å². The van der Waals surface area contributed by atoms with Gasteiger partial charge in [0.25, 0.3) is 0 Å². The van der Waals surface area contributed by atoms with E-state index in [1.807, 2.05) is 24.4 Å². The zero-order chi connectivity index (χ0) is 16.2. The van der Waals surface area contributed by atoms with Gasteiger partial charge in [-0.15, -0.1) is 0 Å². The minimum absolute atomic E-state index is 0.184. The summed E-state index contributed by atoms with van der Waals surface area (Å²) in [6.07, 6.45) is 2.64. The number of carbonyl (C=O) groups is 1. The summed E-state index contributed by atoms with van der Waals surface area (Å²) in [5.74, 6) is -0.371. The highest BCUT2D eigenvalue weighted by atomic mass is 28.1.